The molecule has 29 heavy (non-hydrogen) atoms. The summed E-state index contributed by atoms with van der Waals surface area (Å²) in [5, 5.41) is 6.96. The molecule has 5 rings (SSSR count). The molecule has 0 amide bonds. The molecule has 0 aromatic heterocycles. The standard InChI is InChI=1S/C25H21Cl2NO/c1-25(2)12-17-21-15-7-4-3-6-14(15)10-11-19(21)28-24(22(17)20(29)13-25)16-8-5-9-18(26)23(16)27/h3-11,24,28H,12-13H2,1-2H3. The van der Waals surface area contributed by atoms with Crippen molar-refractivity contribution in [3.63, 3.8) is 0 Å². The van der Waals surface area contributed by atoms with Gasteiger partial charge in [-0.05, 0) is 45.9 Å². The molecule has 3 aromatic carbocycles. The van der Waals surface area contributed by atoms with Gasteiger partial charge in [-0.25, -0.2) is 0 Å². The number of hydrogen-bond acceptors (Lipinski definition) is 2. The number of benzene rings is 3. The second kappa shape index (κ2) is 6.62. The monoisotopic (exact) mass is 421 g/mol. The molecule has 1 unspecified atom stereocenters. The summed E-state index contributed by atoms with van der Waals surface area (Å²) >= 11 is 12.9. The SMILES string of the molecule is CC1(C)CC(=O)C2=C(C1)c1c(ccc3ccccc13)NC2c1cccc(Cl)c1Cl. The highest BCUT2D eigenvalue weighted by Gasteiger charge is 2.41. The molecule has 1 atom stereocenters. The lowest BCUT2D eigenvalue weighted by Crippen LogP contribution is -2.33. The van der Waals surface area contributed by atoms with Crippen molar-refractivity contribution < 1.29 is 4.79 Å². The van der Waals surface area contributed by atoms with Gasteiger partial charge in [0, 0.05) is 23.2 Å². The Morgan fingerprint density at radius 3 is 2.59 bits per heavy atom. The quantitative estimate of drug-likeness (QED) is 0.441. The molecular formula is C25H21Cl2NO. The molecular weight excluding hydrogens is 401 g/mol. The number of allylic oxidation sites excluding steroid dienone is 1. The van der Waals surface area contributed by atoms with E-state index in [1.807, 2.05) is 18.2 Å². The Kier molecular flexibility index (Phi) is 4.27. The average molecular weight is 422 g/mol. The van der Waals surface area contributed by atoms with Gasteiger partial charge >= 0.3 is 0 Å². The molecule has 1 aliphatic heterocycles. The van der Waals surface area contributed by atoms with Crippen molar-refractivity contribution in [1.82, 2.24) is 0 Å². The van der Waals surface area contributed by atoms with E-state index >= 15 is 0 Å². The van der Waals surface area contributed by atoms with Crippen LogP contribution in [0, 0.1) is 5.41 Å². The first-order chi connectivity index (χ1) is 13.9. The first-order valence-corrected chi connectivity index (χ1v) is 10.6. The first kappa shape index (κ1) is 18.7. The van der Waals surface area contributed by atoms with Gasteiger partial charge < -0.3 is 5.32 Å². The lowest BCUT2D eigenvalue weighted by atomic mass is 9.68. The Morgan fingerprint density at radius 2 is 1.76 bits per heavy atom. The van der Waals surface area contributed by atoms with Crippen molar-refractivity contribution in [1.29, 1.82) is 0 Å². The van der Waals surface area contributed by atoms with Gasteiger partial charge in [0.05, 0.1) is 16.1 Å². The van der Waals surface area contributed by atoms with Crippen LogP contribution in [0.15, 0.2) is 60.2 Å². The number of anilines is 1. The van der Waals surface area contributed by atoms with Gasteiger partial charge in [0.25, 0.3) is 0 Å². The van der Waals surface area contributed by atoms with Crippen molar-refractivity contribution in [2.75, 3.05) is 5.32 Å². The maximum absolute atomic E-state index is 13.4. The van der Waals surface area contributed by atoms with Crippen LogP contribution in [-0.4, -0.2) is 5.78 Å². The molecule has 1 N–H and O–H groups in total. The van der Waals surface area contributed by atoms with Crippen LogP contribution < -0.4 is 5.32 Å². The van der Waals surface area contributed by atoms with E-state index in [1.54, 1.807) is 6.07 Å². The number of ketones is 1. The summed E-state index contributed by atoms with van der Waals surface area (Å²) in [4.78, 5) is 13.4. The summed E-state index contributed by atoms with van der Waals surface area (Å²) in [6.45, 7) is 4.34. The zero-order valence-electron chi connectivity index (χ0n) is 16.4. The molecule has 1 aliphatic carbocycles. The van der Waals surface area contributed by atoms with E-state index in [9.17, 15) is 4.79 Å². The van der Waals surface area contributed by atoms with E-state index in [0.717, 1.165) is 34.4 Å². The number of rotatable bonds is 1. The lowest BCUT2D eigenvalue weighted by molar-refractivity contribution is -0.118. The highest BCUT2D eigenvalue weighted by molar-refractivity contribution is 6.42. The van der Waals surface area contributed by atoms with Gasteiger partial charge in [0.15, 0.2) is 5.78 Å². The van der Waals surface area contributed by atoms with Crippen molar-refractivity contribution in [2.24, 2.45) is 5.41 Å². The van der Waals surface area contributed by atoms with Crippen molar-refractivity contribution in [3.8, 4) is 0 Å². The largest absolute Gasteiger partial charge is 0.373 e. The zero-order valence-corrected chi connectivity index (χ0v) is 17.9. The third kappa shape index (κ3) is 2.97. The molecule has 0 fully saturated rings. The minimum atomic E-state index is -0.298. The summed E-state index contributed by atoms with van der Waals surface area (Å²) in [5.41, 5.74) is 4.92. The van der Waals surface area contributed by atoms with Gasteiger partial charge in [0.1, 0.15) is 0 Å². The van der Waals surface area contributed by atoms with Gasteiger partial charge in [-0.3, -0.25) is 4.79 Å². The number of fused-ring (bicyclic) bond motifs is 4. The molecule has 2 nitrogen and oxygen atoms in total. The number of carbonyl (C=O) groups excluding carboxylic acids is 1. The molecule has 0 bridgehead atoms. The predicted molar refractivity (Wildman–Crippen MR) is 122 cm³/mol. The van der Waals surface area contributed by atoms with E-state index in [0.29, 0.717) is 16.5 Å². The molecule has 0 saturated carbocycles. The van der Waals surface area contributed by atoms with Crippen molar-refractivity contribution in [2.45, 2.75) is 32.7 Å². The Morgan fingerprint density at radius 1 is 0.966 bits per heavy atom. The van der Waals surface area contributed by atoms with E-state index in [-0.39, 0.29) is 17.2 Å². The first-order valence-electron chi connectivity index (χ1n) is 9.84. The molecule has 146 valence electrons. The third-order valence-electron chi connectivity index (χ3n) is 6.03. The maximum Gasteiger partial charge on any atom is 0.162 e. The minimum absolute atomic E-state index is 0.0792. The maximum atomic E-state index is 13.4. The zero-order chi connectivity index (χ0) is 20.3. The number of Topliss-reactive ketones (excluding diaryl/α,β-unsaturated/α-hetero) is 1. The molecule has 4 heteroatoms. The van der Waals surface area contributed by atoms with Crippen LogP contribution in [0.3, 0.4) is 0 Å². The molecule has 0 spiro atoms. The highest BCUT2D eigenvalue weighted by Crippen LogP contribution is 2.52. The number of carbonyl (C=O) groups is 1. The van der Waals surface area contributed by atoms with Gasteiger partial charge in [-0.1, -0.05) is 79.5 Å². The van der Waals surface area contributed by atoms with Crippen LogP contribution in [0.4, 0.5) is 5.69 Å². The van der Waals surface area contributed by atoms with E-state index < -0.39 is 0 Å². The predicted octanol–water partition coefficient (Wildman–Crippen LogP) is 7.46. The summed E-state index contributed by atoms with van der Waals surface area (Å²) in [5.74, 6) is 0.184. The summed E-state index contributed by atoms with van der Waals surface area (Å²) in [6.07, 6.45) is 1.38. The van der Waals surface area contributed by atoms with Crippen LogP contribution in [0.25, 0.3) is 16.3 Å². The van der Waals surface area contributed by atoms with Gasteiger partial charge in [0.2, 0.25) is 0 Å². The molecule has 0 saturated heterocycles. The highest BCUT2D eigenvalue weighted by atomic mass is 35.5. The Labute approximate surface area is 180 Å². The van der Waals surface area contributed by atoms with Crippen LogP contribution in [-0.2, 0) is 4.79 Å². The summed E-state index contributed by atoms with van der Waals surface area (Å²) in [6, 6.07) is 17.9. The van der Waals surface area contributed by atoms with Crippen LogP contribution in [0.1, 0.15) is 43.9 Å². The molecule has 0 radical (unpaired) electrons. The molecule has 2 aliphatic rings. The van der Waals surface area contributed by atoms with Gasteiger partial charge in [-0.15, -0.1) is 0 Å². The number of halogens is 2. The summed E-state index contributed by atoms with van der Waals surface area (Å²) < 4.78 is 0. The normalized spacial score (nSPS) is 20.3. The summed E-state index contributed by atoms with van der Waals surface area (Å²) in [7, 11) is 0. The Balaban J connectivity index is 1.83. The van der Waals surface area contributed by atoms with Crippen LogP contribution in [0.2, 0.25) is 10.0 Å². The van der Waals surface area contributed by atoms with Crippen molar-refractivity contribution >= 4 is 51.0 Å². The number of hydrogen-bond donors (Lipinski definition) is 1. The average Bonchev–Trinajstić information content (AvgIpc) is 2.68. The Hall–Kier alpha value is -2.29. The van der Waals surface area contributed by atoms with E-state index in [4.69, 9.17) is 23.2 Å². The van der Waals surface area contributed by atoms with Crippen LogP contribution >= 0.6 is 23.2 Å². The van der Waals surface area contributed by atoms with Crippen LogP contribution in [0.5, 0.6) is 0 Å². The number of nitrogens with one attached hydrogen (secondary N) is 1. The van der Waals surface area contributed by atoms with Gasteiger partial charge in [-0.2, -0.15) is 0 Å². The second-order valence-electron chi connectivity index (χ2n) is 8.76. The minimum Gasteiger partial charge on any atom is -0.373 e. The fraction of sp³-hybridized carbons (Fsp3) is 0.240. The Bertz CT molecular complexity index is 1210. The topological polar surface area (TPSA) is 29.1 Å². The lowest BCUT2D eigenvalue weighted by Gasteiger charge is -2.40. The third-order valence-corrected chi connectivity index (χ3v) is 6.87. The fourth-order valence-electron chi connectivity index (χ4n) is 4.81. The smallest absolute Gasteiger partial charge is 0.162 e. The van der Waals surface area contributed by atoms with E-state index in [2.05, 4.69) is 49.5 Å². The molecule has 3 aromatic rings. The molecule has 1 heterocycles. The van der Waals surface area contributed by atoms with E-state index in [1.165, 1.54) is 10.8 Å². The van der Waals surface area contributed by atoms with Crippen molar-refractivity contribution in [3.05, 3.63) is 81.3 Å². The fourth-order valence-corrected chi connectivity index (χ4v) is 5.23. The second-order valence-corrected chi connectivity index (χ2v) is 9.55.